The second-order valence-electron chi connectivity index (χ2n) is 5.16. The third-order valence-electron chi connectivity index (χ3n) is 3.71. The van der Waals surface area contributed by atoms with Crippen molar-refractivity contribution in [1.82, 2.24) is 5.32 Å². The number of rotatable bonds is 5. The molecule has 18 heavy (non-hydrogen) atoms. The van der Waals surface area contributed by atoms with Crippen LogP contribution in [0.1, 0.15) is 31.2 Å². The Morgan fingerprint density at radius 3 is 2.78 bits per heavy atom. The summed E-state index contributed by atoms with van der Waals surface area (Å²) in [5, 5.41) is 13.0. The fourth-order valence-corrected chi connectivity index (χ4v) is 2.55. The third kappa shape index (κ3) is 4.00. The second-order valence-corrected chi connectivity index (χ2v) is 5.16. The molecule has 0 aromatic heterocycles. The zero-order chi connectivity index (χ0) is 12.8. The van der Waals surface area contributed by atoms with Gasteiger partial charge in [0.25, 0.3) is 0 Å². The highest BCUT2D eigenvalue weighted by molar-refractivity contribution is 5.28. The number of hydrogen-bond donors (Lipinski definition) is 2. The Bertz CT molecular complexity index is 359. The van der Waals surface area contributed by atoms with Gasteiger partial charge in [-0.25, -0.2) is 0 Å². The summed E-state index contributed by atoms with van der Waals surface area (Å²) in [4.78, 5) is 0. The van der Waals surface area contributed by atoms with Crippen molar-refractivity contribution in [2.75, 3.05) is 13.7 Å². The van der Waals surface area contributed by atoms with E-state index < -0.39 is 0 Å². The Kier molecular flexibility index (Phi) is 5.02. The third-order valence-corrected chi connectivity index (χ3v) is 3.71. The lowest BCUT2D eigenvalue weighted by Gasteiger charge is -2.25. The number of ether oxygens (including phenoxy) is 1. The monoisotopic (exact) mass is 249 g/mol. The van der Waals surface area contributed by atoms with Gasteiger partial charge >= 0.3 is 0 Å². The molecular formula is C15H23NO2. The SMILES string of the molecule is COc1cccc(CNCC2CCC(O)CC2)c1. The average Bonchev–Trinajstić information content (AvgIpc) is 2.41. The van der Waals surface area contributed by atoms with Crippen molar-refractivity contribution in [3.05, 3.63) is 29.8 Å². The van der Waals surface area contributed by atoms with Crippen molar-refractivity contribution in [3.8, 4) is 5.75 Å². The molecule has 3 nitrogen and oxygen atoms in total. The number of hydrogen-bond acceptors (Lipinski definition) is 3. The van der Waals surface area contributed by atoms with Crippen molar-refractivity contribution in [2.45, 2.75) is 38.3 Å². The number of methoxy groups -OCH3 is 1. The molecule has 3 heteroatoms. The molecule has 2 rings (SSSR count). The van der Waals surface area contributed by atoms with Gasteiger partial charge in [-0.15, -0.1) is 0 Å². The van der Waals surface area contributed by atoms with Gasteiger partial charge in [-0.2, -0.15) is 0 Å². The summed E-state index contributed by atoms with van der Waals surface area (Å²) in [6.45, 7) is 1.93. The smallest absolute Gasteiger partial charge is 0.119 e. The largest absolute Gasteiger partial charge is 0.497 e. The molecule has 0 atom stereocenters. The molecule has 0 unspecified atom stereocenters. The average molecular weight is 249 g/mol. The van der Waals surface area contributed by atoms with E-state index in [1.165, 1.54) is 5.56 Å². The van der Waals surface area contributed by atoms with Gasteiger partial charge in [0.15, 0.2) is 0 Å². The molecule has 0 aliphatic heterocycles. The molecule has 0 heterocycles. The minimum atomic E-state index is -0.0559. The molecular weight excluding hydrogens is 226 g/mol. The fraction of sp³-hybridized carbons (Fsp3) is 0.600. The van der Waals surface area contributed by atoms with E-state index >= 15 is 0 Å². The molecule has 1 saturated carbocycles. The molecule has 1 aromatic rings. The summed E-state index contributed by atoms with van der Waals surface area (Å²) in [5.41, 5.74) is 1.25. The van der Waals surface area contributed by atoms with Gasteiger partial charge in [0.05, 0.1) is 13.2 Å². The van der Waals surface area contributed by atoms with Crippen molar-refractivity contribution in [2.24, 2.45) is 5.92 Å². The first-order chi connectivity index (χ1) is 8.78. The van der Waals surface area contributed by atoms with E-state index in [0.29, 0.717) is 0 Å². The van der Waals surface area contributed by atoms with E-state index in [4.69, 9.17) is 4.74 Å². The Balaban J connectivity index is 1.71. The maximum Gasteiger partial charge on any atom is 0.119 e. The topological polar surface area (TPSA) is 41.5 Å². The van der Waals surface area contributed by atoms with Crippen LogP contribution in [0.5, 0.6) is 5.75 Å². The predicted octanol–water partition coefficient (Wildman–Crippen LogP) is 2.34. The summed E-state index contributed by atoms with van der Waals surface area (Å²) < 4.78 is 5.21. The summed E-state index contributed by atoms with van der Waals surface area (Å²) in [7, 11) is 1.69. The highest BCUT2D eigenvalue weighted by Crippen LogP contribution is 2.23. The Morgan fingerprint density at radius 1 is 1.28 bits per heavy atom. The lowest BCUT2D eigenvalue weighted by molar-refractivity contribution is 0.108. The van der Waals surface area contributed by atoms with Crippen LogP contribution in [0.4, 0.5) is 0 Å². The van der Waals surface area contributed by atoms with E-state index in [9.17, 15) is 5.11 Å². The van der Waals surface area contributed by atoms with Gasteiger partial charge in [-0.3, -0.25) is 0 Å². The van der Waals surface area contributed by atoms with Crippen molar-refractivity contribution >= 4 is 0 Å². The molecule has 0 spiro atoms. The first-order valence-electron chi connectivity index (χ1n) is 6.79. The molecule has 0 saturated heterocycles. The first-order valence-corrected chi connectivity index (χ1v) is 6.79. The zero-order valence-corrected chi connectivity index (χ0v) is 11.1. The Hall–Kier alpha value is -1.06. The summed E-state index contributed by atoms with van der Waals surface area (Å²) >= 11 is 0. The first kappa shape index (κ1) is 13.4. The van der Waals surface area contributed by atoms with Gasteiger partial charge in [0.2, 0.25) is 0 Å². The fourth-order valence-electron chi connectivity index (χ4n) is 2.55. The standard InChI is InChI=1S/C15H23NO2/c1-18-15-4-2-3-13(9-15)11-16-10-12-5-7-14(17)8-6-12/h2-4,9,12,14,16-17H,5-8,10-11H2,1H3. The highest BCUT2D eigenvalue weighted by atomic mass is 16.5. The minimum absolute atomic E-state index is 0.0559. The minimum Gasteiger partial charge on any atom is -0.497 e. The summed E-state index contributed by atoms with van der Waals surface area (Å²) in [6.07, 6.45) is 4.16. The van der Waals surface area contributed by atoms with Crippen LogP contribution in [0.15, 0.2) is 24.3 Å². The van der Waals surface area contributed by atoms with Gasteiger partial charge in [0, 0.05) is 6.54 Å². The van der Waals surface area contributed by atoms with E-state index in [1.807, 2.05) is 12.1 Å². The van der Waals surface area contributed by atoms with Gasteiger partial charge in [-0.05, 0) is 55.8 Å². The van der Waals surface area contributed by atoms with Crippen molar-refractivity contribution in [3.63, 3.8) is 0 Å². The van der Waals surface area contributed by atoms with Gasteiger partial charge in [0.1, 0.15) is 5.75 Å². The molecule has 2 N–H and O–H groups in total. The summed E-state index contributed by atoms with van der Waals surface area (Å²) in [5.74, 6) is 1.63. The van der Waals surface area contributed by atoms with Crippen LogP contribution in [0.2, 0.25) is 0 Å². The highest BCUT2D eigenvalue weighted by Gasteiger charge is 2.18. The molecule has 0 amide bonds. The number of aliphatic hydroxyl groups excluding tert-OH is 1. The Labute approximate surface area is 109 Å². The van der Waals surface area contributed by atoms with Crippen LogP contribution in [0.3, 0.4) is 0 Å². The van der Waals surface area contributed by atoms with Crippen molar-refractivity contribution in [1.29, 1.82) is 0 Å². The quantitative estimate of drug-likeness (QED) is 0.841. The molecule has 1 aliphatic carbocycles. The van der Waals surface area contributed by atoms with Gasteiger partial charge in [-0.1, -0.05) is 12.1 Å². The van der Waals surface area contributed by atoms with E-state index in [0.717, 1.165) is 50.4 Å². The number of aliphatic hydroxyl groups is 1. The molecule has 100 valence electrons. The van der Waals surface area contributed by atoms with E-state index in [1.54, 1.807) is 7.11 Å². The summed E-state index contributed by atoms with van der Waals surface area (Å²) in [6, 6.07) is 8.16. The molecule has 0 bridgehead atoms. The molecule has 1 aliphatic rings. The van der Waals surface area contributed by atoms with Crippen molar-refractivity contribution < 1.29 is 9.84 Å². The van der Waals surface area contributed by atoms with E-state index in [2.05, 4.69) is 17.4 Å². The van der Waals surface area contributed by atoms with Crippen LogP contribution < -0.4 is 10.1 Å². The van der Waals surface area contributed by atoms with Crippen LogP contribution in [0, 0.1) is 5.92 Å². The second kappa shape index (κ2) is 6.76. The molecule has 1 fully saturated rings. The normalized spacial score (nSPS) is 23.9. The molecule has 1 aromatic carbocycles. The van der Waals surface area contributed by atoms with Crippen LogP contribution >= 0.6 is 0 Å². The zero-order valence-electron chi connectivity index (χ0n) is 11.1. The molecule has 0 radical (unpaired) electrons. The lowest BCUT2D eigenvalue weighted by Crippen LogP contribution is -2.27. The maximum absolute atomic E-state index is 9.45. The Morgan fingerprint density at radius 2 is 2.06 bits per heavy atom. The van der Waals surface area contributed by atoms with Crippen LogP contribution in [0.25, 0.3) is 0 Å². The van der Waals surface area contributed by atoms with E-state index in [-0.39, 0.29) is 6.10 Å². The van der Waals surface area contributed by atoms with Crippen LogP contribution in [-0.4, -0.2) is 24.9 Å². The number of nitrogens with one attached hydrogen (secondary N) is 1. The van der Waals surface area contributed by atoms with Gasteiger partial charge < -0.3 is 15.2 Å². The van der Waals surface area contributed by atoms with Crippen LogP contribution in [-0.2, 0) is 6.54 Å². The predicted molar refractivity (Wildman–Crippen MR) is 72.7 cm³/mol. The lowest BCUT2D eigenvalue weighted by atomic mass is 9.87. The maximum atomic E-state index is 9.45. The number of benzene rings is 1.